The van der Waals surface area contributed by atoms with Crippen LogP contribution in [0.25, 0.3) is 0 Å². The van der Waals surface area contributed by atoms with Gasteiger partial charge in [-0.3, -0.25) is 9.59 Å². The van der Waals surface area contributed by atoms with Crippen LogP contribution in [-0.4, -0.2) is 55.1 Å². The van der Waals surface area contributed by atoms with E-state index in [4.69, 9.17) is 5.11 Å². The molecule has 116 valence electrons. The Balaban J connectivity index is 4.10. The Morgan fingerprint density at radius 2 is 1.75 bits per heavy atom. The van der Waals surface area contributed by atoms with E-state index in [1.54, 1.807) is 14.1 Å². The van der Waals surface area contributed by atoms with Crippen LogP contribution in [0.3, 0.4) is 0 Å². The van der Waals surface area contributed by atoms with Gasteiger partial charge in [0.25, 0.3) is 0 Å². The number of hydrogen-bond acceptors (Lipinski definition) is 3. The number of carboxylic acids is 1. The second-order valence-electron chi connectivity index (χ2n) is 5.45. The molecule has 0 aliphatic carbocycles. The van der Waals surface area contributed by atoms with Crippen molar-refractivity contribution in [2.45, 2.75) is 26.7 Å². The minimum absolute atomic E-state index is 0.0229. The van der Waals surface area contributed by atoms with Gasteiger partial charge in [-0.05, 0) is 18.3 Å². The largest absolute Gasteiger partial charge is 0.481 e. The van der Waals surface area contributed by atoms with E-state index in [0.29, 0.717) is 5.92 Å². The molecule has 7 nitrogen and oxygen atoms in total. The Morgan fingerprint density at radius 3 is 2.20 bits per heavy atom. The summed E-state index contributed by atoms with van der Waals surface area (Å²) in [5.41, 5.74) is 0. The van der Waals surface area contributed by atoms with Crippen molar-refractivity contribution in [2.24, 2.45) is 11.8 Å². The zero-order valence-corrected chi connectivity index (χ0v) is 12.6. The molecule has 0 aromatic carbocycles. The molecule has 0 spiro atoms. The van der Waals surface area contributed by atoms with Gasteiger partial charge in [0.15, 0.2) is 0 Å². The van der Waals surface area contributed by atoms with E-state index in [1.807, 2.05) is 13.8 Å². The summed E-state index contributed by atoms with van der Waals surface area (Å²) in [5, 5.41) is 13.9. The quantitative estimate of drug-likeness (QED) is 0.605. The maximum absolute atomic E-state index is 11.5. The standard InChI is InChI=1S/C13H25N3O4/c1-9(2)5-10(6-12(18)19)7-14-13(20)15-8-11(17)16(3)4/h9-10H,5-8H2,1-4H3,(H,18,19)(H2,14,15,20)/t10-/m0/s1. The Kier molecular flexibility index (Phi) is 8.35. The average Bonchev–Trinajstić information content (AvgIpc) is 2.31. The maximum atomic E-state index is 11.5. The normalized spacial score (nSPS) is 11.8. The number of nitrogens with zero attached hydrogens (tertiary/aromatic N) is 1. The molecule has 1 atom stereocenters. The Bertz CT molecular complexity index is 343. The maximum Gasteiger partial charge on any atom is 0.315 e. The topological polar surface area (TPSA) is 98.7 Å². The number of hydrogen-bond donors (Lipinski definition) is 3. The molecular weight excluding hydrogens is 262 g/mol. The van der Waals surface area contributed by atoms with Gasteiger partial charge in [-0.1, -0.05) is 13.8 Å². The van der Waals surface area contributed by atoms with Gasteiger partial charge in [0.2, 0.25) is 5.91 Å². The monoisotopic (exact) mass is 287 g/mol. The van der Waals surface area contributed by atoms with Crippen LogP contribution in [0.1, 0.15) is 26.7 Å². The van der Waals surface area contributed by atoms with Crippen molar-refractivity contribution >= 4 is 17.9 Å². The van der Waals surface area contributed by atoms with Crippen molar-refractivity contribution in [3.05, 3.63) is 0 Å². The van der Waals surface area contributed by atoms with Crippen molar-refractivity contribution in [1.82, 2.24) is 15.5 Å². The summed E-state index contributed by atoms with van der Waals surface area (Å²) in [6, 6.07) is -0.459. The fourth-order valence-corrected chi connectivity index (χ4v) is 1.77. The van der Waals surface area contributed by atoms with Gasteiger partial charge in [-0.25, -0.2) is 4.79 Å². The van der Waals surface area contributed by atoms with Crippen LogP contribution in [-0.2, 0) is 9.59 Å². The number of carboxylic acid groups (broad SMARTS) is 1. The fourth-order valence-electron chi connectivity index (χ4n) is 1.77. The molecule has 0 aromatic rings. The number of amides is 3. The molecule has 0 aliphatic rings. The van der Waals surface area contributed by atoms with E-state index in [9.17, 15) is 14.4 Å². The number of carbonyl (C=O) groups is 3. The van der Waals surface area contributed by atoms with E-state index < -0.39 is 12.0 Å². The average molecular weight is 287 g/mol. The molecular formula is C13H25N3O4. The number of carbonyl (C=O) groups excluding carboxylic acids is 2. The summed E-state index contributed by atoms with van der Waals surface area (Å²) >= 11 is 0. The summed E-state index contributed by atoms with van der Waals surface area (Å²) < 4.78 is 0. The number of nitrogens with one attached hydrogen (secondary N) is 2. The third kappa shape index (κ3) is 9.18. The highest BCUT2D eigenvalue weighted by Crippen LogP contribution is 2.14. The van der Waals surface area contributed by atoms with Crippen LogP contribution < -0.4 is 10.6 Å². The first-order chi connectivity index (χ1) is 9.22. The van der Waals surface area contributed by atoms with E-state index in [0.717, 1.165) is 6.42 Å². The first-order valence-corrected chi connectivity index (χ1v) is 6.66. The van der Waals surface area contributed by atoms with E-state index in [1.165, 1.54) is 4.90 Å². The highest BCUT2D eigenvalue weighted by molar-refractivity contribution is 5.83. The molecule has 0 aliphatic heterocycles. The summed E-state index contributed by atoms with van der Waals surface area (Å²) in [6.45, 7) is 4.22. The summed E-state index contributed by atoms with van der Waals surface area (Å²) in [6.07, 6.45) is 0.748. The third-order valence-corrected chi connectivity index (χ3v) is 2.72. The van der Waals surface area contributed by atoms with Crippen LogP contribution in [0.15, 0.2) is 0 Å². The van der Waals surface area contributed by atoms with Crippen molar-refractivity contribution in [1.29, 1.82) is 0 Å². The number of rotatable bonds is 8. The van der Waals surface area contributed by atoms with E-state index in [2.05, 4.69) is 10.6 Å². The second-order valence-corrected chi connectivity index (χ2v) is 5.45. The van der Waals surface area contributed by atoms with Gasteiger partial charge in [0.05, 0.1) is 6.54 Å². The lowest BCUT2D eigenvalue weighted by Crippen LogP contribution is -2.43. The first kappa shape index (κ1) is 18.2. The molecule has 0 radical (unpaired) electrons. The molecule has 3 amide bonds. The van der Waals surface area contributed by atoms with Gasteiger partial charge < -0.3 is 20.6 Å². The molecule has 0 unspecified atom stereocenters. The second kappa shape index (κ2) is 9.17. The van der Waals surface area contributed by atoms with Gasteiger partial charge in [0.1, 0.15) is 0 Å². The summed E-state index contributed by atoms with van der Waals surface area (Å²) in [5.74, 6) is -0.826. The van der Waals surface area contributed by atoms with Crippen LogP contribution in [0.2, 0.25) is 0 Å². The molecule has 0 heterocycles. The highest BCUT2D eigenvalue weighted by Gasteiger charge is 2.16. The molecule has 0 bridgehead atoms. The molecule has 0 rings (SSSR count). The van der Waals surface area contributed by atoms with Crippen molar-refractivity contribution in [2.75, 3.05) is 27.2 Å². The van der Waals surface area contributed by atoms with Crippen LogP contribution in [0.5, 0.6) is 0 Å². The minimum atomic E-state index is -0.874. The van der Waals surface area contributed by atoms with E-state index >= 15 is 0 Å². The minimum Gasteiger partial charge on any atom is -0.481 e. The number of urea groups is 1. The van der Waals surface area contributed by atoms with Crippen LogP contribution >= 0.6 is 0 Å². The Morgan fingerprint density at radius 1 is 1.15 bits per heavy atom. The van der Waals surface area contributed by atoms with Gasteiger partial charge in [0, 0.05) is 27.1 Å². The molecule has 3 N–H and O–H groups in total. The van der Waals surface area contributed by atoms with Gasteiger partial charge in [-0.15, -0.1) is 0 Å². The molecule has 7 heteroatoms. The molecule has 20 heavy (non-hydrogen) atoms. The first-order valence-electron chi connectivity index (χ1n) is 6.66. The number of likely N-dealkylation sites (N-methyl/N-ethyl adjacent to an activating group) is 1. The summed E-state index contributed by atoms with van der Waals surface area (Å²) in [4.78, 5) is 34.9. The zero-order valence-electron chi connectivity index (χ0n) is 12.6. The highest BCUT2D eigenvalue weighted by atomic mass is 16.4. The molecule has 0 fully saturated rings. The zero-order chi connectivity index (χ0) is 15.7. The SMILES string of the molecule is CC(C)C[C@H](CNC(=O)NCC(=O)N(C)C)CC(=O)O. The fraction of sp³-hybridized carbons (Fsp3) is 0.769. The number of aliphatic carboxylic acids is 1. The lowest BCUT2D eigenvalue weighted by atomic mass is 9.94. The van der Waals surface area contributed by atoms with Gasteiger partial charge >= 0.3 is 12.0 Å². The third-order valence-electron chi connectivity index (χ3n) is 2.72. The smallest absolute Gasteiger partial charge is 0.315 e. The van der Waals surface area contributed by atoms with Crippen molar-refractivity contribution in [3.8, 4) is 0 Å². The lowest BCUT2D eigenvalue weighted by molar-refractivity contribution is -0.138. The van der Waals surface area contributed by atoms with Crippen molar-refractivity contribution in [3.63, 3.8) is 0 Å². The Hall–Kier alpha value is -1.79. The van der Waals surface area contributed by atoms with E-state index in [-0.39, 0.29) is 31.3 Å². The predicted octanol–water partition coefficient (Wildman–Crippen LogP) is 0.511. The van der Waals surface area contributed by atoms with Crippen LogP contribution in [0.4, 0.5) is 4.79 Å². The van der Waals surface area contributed by atoms with Gasteiger partial charge in [-0.2, -0.15) is 0 Å². The predicted molar refractivity (Wildman–Crippen MR) is 75.3 cm³/mol. The summed E-state index contributed by atoms with van der Waals surface area (Å²) in [7, 11) is 3.21. The lowest BCUT2D eigenvalue weighted by Gasteiger charge is -2.18. The Labute approximate surface area is 119 Å². The van der Waals surface area contributed by atoms with Crippen LogP contribution in [0, 0.1) is 11.8 Å². The molecule has 0 saturated heterocycles. The van der Waals surface area contributed by atoms with Crippen molar-refractivity contribution < 1.29 is 19.5 Å². The molecule has 0 saturated carbocycles. The molecule has 0 aromatic heterocycles.